The van der Waals surface area contributed by atoms with E-state index in [-0.39, 0.29) is 23.7 Å². The quantitative estimate of drug-likeness (QED) is 0.224. The van der Waals surface area contributed by atoms with Gasteiger partial charge in [0.25, 0.3) is 0 Å². The topological polar surface area (TPSA) is 90.5 Å². The van der Waals surface area contributed by atoms with E-state index in [9.17, 15) is 15.0 Å². The fourth-order valence-electron chi connectivity index (χ4n) is 1.89. The molecule has 0 amide bonds. The molecule has 0 radical (unpaired) electrons. The second-order valence-electron chi connectivity index (χ2n) is 4.97. The summed E-state index contributed by atoms with van der Waals surface area (Å²) in [4.78, 5) is 11.9. The van der Waals surface area contributed by atoms with Gasteiger partial charge in [0.05, 0.1) is 0 Å². The fraction of sp³-hybridized carbons (Fsp3) is 0.100. The summed E-state index contributed by atoms with van der Waals surface area (Å²) in [7, 11) is 0. The Morgan fingerprint density at radius 3 is 2.56 bits per heavy atom. The van der Waals surface area contributed by atoms with Crippen LogP contribution >= 0.6 is 0 Å². The predicted octanol–water partition coefficient (Wildman–Crippen LogP) is 2.99. The SMILES string of the molecule is N#C/C(=C/c1ccc(O)c(O)c1)C(=O)OCCC#Cc1ccccc1. The highest BCUT2D eigenvalue weighted by molar-refractivity contribution is 5.97. The summed E-state index contributed by atoms with van der Waals surface area (Å²) in [5.74, 6) is 4.44. The molecule has 25 heavy (non-hydrogen) atoms. The van der Waals surface area contributed by atoms with E-state index in [1.54, 1.807) is 6.07 Å². The van der Waals surface area contributed by atoms with Gasteiger partial charge in [0.1, 0.15) is 18.2 Å². The smallest absolute Gasteiger partial charge is 0.348 e. The second kappa shape index (κ2) is 8.81. The third-order valence-electron chi connectivity index (χ3n) is 3.12. The van der Waals surface area contributed by atoms with Gasteiger partial charge in [0.2, 0.25) is 0 Å². The van der Waals surface area contributed by atoms with Gasteiger partial charge in [-0.1, -0.05) is 36.1 Å². The molecule has 0 atom stereocenters. The highest BCUT2D eigenvalue weighted by atomic mass is 16.5. The van der Waals surface area contributed by atoms with Crippen molar-refractivity contribution in [3.63, 3.8) is 0 Å². The molecule has 5 heteroatoms. The molecule has 0 bridgehead atoms. The zero-order valence-corrected chi connectivity index (χ0v) is 13.3. The number of aromatic hydroxyl groups is 2. The highest BCUT2D eigenvalue weighted by Gasteiger charge is 2.11. The van der Waals surface area contributed by atoms with Crippen molar-refractivity contribution in [2.24, 2.45) is 0 Å². The number of phenols is 2. The molecule has 0 heterocycles. The minimum absolute atomic E-state index is 0.0680. The first-order valence-electron chi connectivity index (χ1n) is 7.45. The molecule has 0 aliphatic rings. The van der Waals surface area contributed by atoms with Crippen molar-refractivity contribution < 1.29 is 19.7 Å². The average Bonchev–Trinajstić information content (AvgIpc) is 2.63. The lowest BCUT2D eigenvalue weighted by Gasteiger charge is -2.02. The van der Waals surface area contributed by atoms with Crippen LogP contribution in [0.1, 0.15) is 17.5 Å². The van der Waals surface area contributed by atoms with Gasteiger partial charge >= 0.3 is 5.97 Å². The Bertz CT molecular complexity index is 883. The highest BCUT2D eigenvalue weighted by Crippen LogP contribution is 2.25. The minimum Gasteiger partial charge on any atom is -0.504 e. The molecule has 0 aliphatic heterocycles. The van der Waals surface area contributed by atoms with E-state index >= 15 is 0 Å². The molecule has 0 unspecified atom stereocenters. The number of ether oxygens (including phenoxy) is 1. The average molecular weight is 333 g/mol. The molecule has 0 aromatic heterocycles. The lowest BCUT2D eigenvalue weighted by atomic mass is 10.1. The number of hydrogen-bond acceptors (Lipinski definition) is 5. The van der Waals surface area contributed by atoms with Crippen LogP contribution in [0.15, 0.2) is 54.1 Å². The van der Waals surface area contributed by atoms with Crippen molar-refractivity contribution in [3.8, 4) is 29.4 Å². The van der Waals surface area contributed by atoms with E-state index in [1.807, 2.05) is 30.3 Å². The molecule has 2 N–H and O–H groups in total. The molecule has 0 saturated carbocycles. The molecule has 124 valence electrons. The molecular formula is C20H15NO4. The number of rotatable bonds is 4. The Kier molecular flexibility index (Phi) is 6.22. The maximum Gasteiger partial charge on any atom is 0.348 e. The van der Waals surface area contributed by atoms with Gasteiger partial charge in [-0.15, -0.1) is 0 Å². The van der Waals surface area contributed by atoms with Crippen LogP contribution in [0, 0.1) is 23.2 Å². The number of carbonyl (C=O) groups excluding carboxylic acids is 1. The van der Waals surface area contributed by atoms with Gasteiger partial charge in [-0.25, -0.2) is 4.79 Å². The normalized spacial score (nSPS) is 10.3. The summed E-state index contributed by atoms with van der Waals surface area (Å²) < 4.78 is 5.02. The largest absolute Gasteiger partial charge is 0.504 e. The summed E-state index contributed by atoms with van der Waals surface area (Å²) in [5.41, 5.74) is 1.06. The minimum atomic E-state index is -0.767. The van der Waals surface area contributed by atoms with Crippen molar-refractivity contribution in [2.75, 3.05) is 6.61 Å². The van der Waals surface area contributed by atoms with Crippen molar-refractivity contribution in [3.05, 3.63) is 65.2 Å². The third-order valence-corrected chi connectivity index (χ3v) is 3.12. The van der Waals surface area contributed by atoms with Crippen LogP contribution < -0.4 is 0 Å². The van der Waals surface area contributed by atoms with Crippen LogP contribution in [-0.2, 0) is 9.53 Å². The van der Waals surface area contributed by atoms with E-state index in [4.69, 9.17) is 10.00 Å². The lowest BCUT2D eigenvalue weighted by molar-refractivity contribution is -0.138. The Morgan fingerprint density at radius 1 is 1.12 bits per heavy atom. The first kappa shape index (κ1) is 17.7. The Balaban J connectivity index is 1.92. The molecule has 5 nitrogen and oxygen atoms in total. The van der Waals surface area contributed by atoms with Crippen LogP contribution in [0.25, 0.3) is 6.08 Å². The van der Waals surface area contributed by atoms with E-state index in [1.165, 1.54) is 24.3 Å². The number of nitrogens with zero attached hydrogens (tertiary/aromatic N) is 1. The van der Waals surface area contributed by atoms with Crippen LogP contribution in [0.4, 0.5) is 0 Å². The van der Waals surface area contributed by atoms with Crippen molar-refractivity contribution in [1.29, 1.82) is 5.26 Å². The number of benzene rings is 2. The Morgan fingerprint density at radius 2 is 1.88 bits per heavy atom. The number of nitriles is 1. The second-order valence-corrected chi connectivity index (χ2v) is 4.97. The molecule has 0 aliphatic carbocycles. The van der Waals surface area contributed by atoms with Crippen molar-refractivity contribution >= 4 is 12.0 Å². The van der Waals surface area contributed by atoms with E-state index < -0.39 is 5.97 Å². The molecule has 0 saturated heterocycles. The first-order chi connectivity index (χ1) is 12.1. The lowest BCUT2D eigenvalue weighted by Crippen LogP contribution is -2.07. The van der Waals surface area contributed by atoms with Crippen LogP contribution in [0.3, 0.4) is 0 Å². The third kappa shape index (κ3) is 5.46. The van der Waals surface area contributed by atoms with Gasteiger partial charge in [-0.3, -0.25) is 0 Å². The van der Waals surface area contributed by atoms with Gasteiger partial charge in [-0.05, 0) is 35.9 Å². The molecular weight excluding hydrogens is 318 g/mol. The zero-order chi connectivity index (χ0) is 18.1. The van der Waals surface area contributed by atoms with Crippen LogP contribution in [0.5, 0.6) is 11.5 Å². The molecule has 0 spiro atoms. The summed E-state index contributed by atoms with van der Waals surface area (Å²) in [5, 5.41) is 27.8. The molecule has 0 fully saturated rings. The summed E-state index contributed by atoms with van der Waals surface area (Å²) >= 11 is 0. The van der Waals surface area contributed by atoms with Crippen molar-refractivity contribution in [1.82, 2.24) is 0 Å². The maximum absolute atomic E-state index is 11.9. The van der Waals surface area contributed by atoms with Gasteiger partial charge in [0, 0.05) is 12.0 Å². The zero-order valence-electron chi connectivity index (χ0n) is 13.3. The summed E-state index contributed by atoms with van der Waals surface area (Å²) in [6.45, 7) is 0.0680. The Hall–Kier alpha value is -3.70. The van der Waals surface area contributed by atoms with Crippen LogP contribution in [0.2, 0.25) is 0 Å². The monoisotopic (exact) mass is 333 g/mol. The van der Waals surface area contributed by atoms with Crippen LogP contribution in [-0.4, -0.2) is 22.8 Å². The summed E-state index contributed by atoms with van der Waals surface area (Å²) in [6, 6.07) is 15.1. The van der Waals surface area contributed by atoms with E-state index in [2.05, 4.69) is 11.8 Å². The number of hydrogen-bond donors (Lipinski definition) is 2. The standard InChI is InChI=1S/C20H15NO4/c21-14-17(12-16-9-10-18(22)19(23)13-16)20(24)25-11-5-4-8-15-6-2-1-3-7-15/h1-3,6-7,9-10,12-13,22-23H,5,11H2/b17-12-. The molecule has 2 aromatic carbocycles. The van der Waals surface area contributed by atoms with E-state index in [0.29, 0.717) is 12.0 Å². The predicted molar refractivity (Wildman–Crippen MR) is 92.3 cm³/mol. The number of phenolic OH excluding ortho intramolecular Hbond substituents is 2. The Labute approximate surface area is 145 Å². The van der Waals surface area contributed by atoms with Gasteiger partial charge in [-0.2, -0.15) is 5.26 Å². The number of carbonyl (C=O) groups is 1. The fourth-order valence-corrected chi connectivity index (χ4v) is 1.89. The summed E-state index contributed by atoms with van der Waals surface area (Å²) in [6.07, 6.45) is 1.62. The number of esters is 1. The molecule has 2 rings (SSSR count). The molecule has 2 aromatic rings. The van der Waals surface area contributed by atoms with Crippen molar-refractivity contribution in [2.45, 2.75) is 6.42 Å². The van der Waals surface area contributed by atoms with Gasteiger partial charge < -0.3 is 14.9 Å². The van der Waals surface area contributed by atoms with Gasteiger partial charge in [0.15, 0.2) is 11.5 Å². The first-order valence-corrected chi connectivity index (χ1v) is 7.45. The maximum atomic E-state index is 11.9. The van der Waals surface area contributed by atoms with E-state index in [0.717, 1.165) is 5.56 Å².